The summed E-state index contributed by atoms with van der Waals surface area (Å²) >= 11 is 0. The van der Waals surface area contributed by atoms with E-state index in [-0.39, 0.29) is 23.8 Å². The molecule has 0 bridgehead atoms. The molecule has 2 aromatic heterocycles. The number of nitrogens with zero attached hydrogens (tertiary/aromatic N) is 4. The SMILES string of the molecule is COc1cc(-c2nn(C3CCNCC3)c3ncnc(N)c23)ccc1NC(=O)C1CC1c1ccccc1.O=C(O)/C=C\C(=O)O. The van der Waals surface area contributed by atoms with E-state index in [1.807, 2.05) is 41.1 Å². The molecule has 2 fully saturated rings. The summed E-state index contributed by atoms with van der Waals surface area (Å²) in [4.78, 5) is 40.8. The van der Waals surface area contributed by atoms with Gasteiger partial charge in [0, 0.05) is 23.6 Å². The number of hydrogen-bond acceptors (Lipinski definition) is 9. The Kier molecular flexibility index (Phi) is 9.15. The van der Waals surface area contributed by atoms with E-state index in [9.17, 15) is 14.4 Å². The third-order valence-electron chi connectivity index (χ3n) is 7.63. The van der Waals surface area contributed by atoms with Crippen molar-refractivity contribution in [3.8, 4) is 17.0 Å². The number of carbonyl (C=O) groups excluding carboxylic acids is 1. The second-order valence-corrected chi connectivity index (χ2v) is 10.5. The van der Waals surface area contributed by atoms with Crippen molar-refractivity contribution in [2.75, 3.05) is 31.2 Å². The number of carboxylic acids is 2. The van der Waals surface area contributed by atoms with Gasteiger partial charge in [0.1, 0.15) is 23.6 Å². The predicted molar refractivity (Wildman–Crippen MR) is 163 cm³/mol. The number of carboxylic acid groups (broad SMARTS) is 2. The third kappa shape index (κ3) is 6.84. The molecule has 6 rings (SSSR count). The van der Waals surface area contributed by atoms with Crippen molar-refractivity contribution in [2.45, 2.75) is 31.2 Å². The minimum Gasteiger partial charge on any atom is -0.495 e. The lowest BCUT2D eigenvalue weighted by Crippen LogP contribution is -2.30. The molecule has 44 heavy (non-hydrogen) atoms. The number of ether oxygens (including phenoxy) is 1. The number of hydrogen-bond donors (Lipinski definition) is 5. The van der Waals surface area contributed by atoms with Gasteiger partial charge in [0.2, 0.25) is 5.91 Å². The summed E-state index contributed by atoms with van der Waals surface area (Å²) in [5.74, 6) is -1.30. The Morgan fingerprint density at radius 3 is 2.41 bits per heavy atom. The smallest absolute Gasteiger partial charge is 0.328 e. The normalized spacial score (nSPS) is 17.9. The molecule has 2 atom stereocenters. The van der Waals surface area contributed by atoms with Crippen LogP contribution in [0.3, 0.4) is 0 Å². The Balaban J connectivity index is 0.000000426. The molecule has 228 valence electrons. The van der Waals surface area contributed by atoms with E-state index < -0.39 is 11.9 Å². The number of rotatable bonds is 8. The van der Waals surface area contributed by atoms with Gasteiger partial charge in [-0.15, -0.1) is 0 Å². The Bertz CT molecular complexity index is 1680. The van der Waals surface area contributed by atoms with E-state index in [0.29, 0.717) is 35.1 Å². The first-order valence-corrected chi connectivity index (χ1v) is 14.1. The summed E-state index contributed by atoms with van der Waals surface area (Å²) in [5.41, 5.74) is 10.4. The Labute approximate surface area is 252 Å². The minimum absolute atomic E-state index is 0.00758. The molecule has 1 saturated heterocycles. The molecule has 6 N–H and O–H groups in total. The number of carbonyl (C=O) groups is 3. The van der Waals surface area contributed by atoms with Crippen LogP contribution in [0.5, 0.6) is 5.75 Å². The topological polar surface area (TPSA) is 195 Å². The fraction of sp³-hybridized carbons (Fsp3) is 0.290. The zero-order valence-electron chi connectivity index (χ0n) is 24.0. The minimum atomic E-state index is -1.26. The zero-order chi connectivity index (χ0) is 31.2. The number of benzene rings is 2. The molecule has 2 aromatic carbocycles. The van der Waals surface area contributed by atoms with Crippen molar-refractivity contribution in [3.05, 3.63) is 72.6 Å². The van der Waals surface area contributed by atoms with Crippen LogP contribution in [-0.2, 0) is 14.4 Å². The van der Waals surface area contributed by atoms with Crippen LogP contribution in [0.1, 0.15) is 36.8 Å². The second kappa shape index (κ2) is 13.3. The lowest BCUT2D eigenvalue weighted by Gasteiger charge is -2.23. The molecule has 1 aliphatic carbocycles. The highest BCUT2D eigenvalue weighted by Crippen LogP contribution is 2.48. The summed E-state index contributed by atoms with van der Waals surface area (Å²) in [7, 11) is 1.60. The summed E-state index contributed by atoms with van der Waals surface area (Å²) in [6.45, 7) is 1.88. The van der Waals surface area contributed by atoms with Crippen molar-refractivity contribution < 1.29 is 29.3 Å². The van der Waals surface area contributed by atoms with E-state index in [4.69, 9.17) is 25.8 Å². The molecular weight excluding hydrogens is 566 g/mol. The molecule has 2 unspecified atom stereocenters. The maximum atomic E-state index is 13.0. The standard InChI is InChI=1S/C27H29N7O2.C4H4O4/c1-36-22-13-17(7-8-21(22)32-27(35)20-14-19(20)16-5-3-2-4-6-16)24-23-25(28)30-15-31-26(23)34(33-24)18-9-11-29-12-10-18;5-3(6)1-2-4(7)8/h2-8,13,15,18-20,29H,9-12,14H2,1H3,(H,32,35)(H2,28,30,31);1-2H,(H,5,6)(H,7,8)/b;2-1-. The highest BCUT2D eigenvalue weighted by molar-refractivity contribution is 6.00. The van der Waals surface area contributed by atoms with Crippen LogP contribution in [0.15, 0.2) is 67.0 Å². The first-order valence-electron chi connectivity index (χ1n) is 14.1. The van der Waals surface area contributed by atoms with Crippen LogP contribution in [-0.4, -0.2) is 68.0 Å². The average Bonchev–Trinajstić information content (AvgIpc) is 3.75. The average molecular weight is 600 g/mol. The van der Waals surface area contributed by atoms with Gasteiger partial charge in [-0.25, -0.2) is 24.2 Å². The van der Waals surface area contributed by atoms with Crippen molar-refractivity contribution in [1.29, 1.82) is 0 Å². The number of methoxy groups -OCH3 is 1. The van der Waals surface area contributed by atoms with Gasteiger partial charge in [0.15, 0.2) is 5.65 Å². The van der Waals surface area contributed by atoms with Crippen LogP contribution < -0.4 is 21.1 Å². The highest BCUT2D eigenvalue weighted by atomic mass is 16.5. The number of aromatic nitrogens is 4. The quantitative estimate of drug-likeness (QED) is 0.186. The molecule has 2 aliphatic rings. The van der Waals surface area contributed by atoms with Crippen LogP contribution in [0.4, 0.5) is 11.5 Å². The molecule has 3 heterocycles. The Morgan fingerprint density at radius 2 is 1.75 bits per heavy atom. The van der Waals surface area contributed by atoms with E-state index in [0.717, 1.165) is 48.9 Å². The number of piperidine rings is 1. The summed E-state index contributed by atoms with van der Waals surface area (Å²) in [6, 6.07) is 16.1. The lowest BCUT2D eigenvalue weighted by atomic mass is 10.1. The van der Waals surface area contributed by atoms with Gasteiger partial charge in [-0.2, -0.15) is 5.10 Å². The Hall–Kier alpha value is -5.30. The van der Waals surface area contributed by atoms with Crippen LogP contribution >= 0.6 is 0 Å². The van der Waals surface area contributed by atoms with Gasteiger partial charge in [0.05, 0.1) is 24.2 Å². The van der Waals surface area contributed by atoms with Crippen molar-refractivity contribution in [2.24, 2.45) is 5.92 Å². The Morgan fingerprint density at radius 1 is 1.05 bits per heavy atom. The van der Waals surface area contributed by atoms with Gasteiger partial charge in [-0.1, -0.05) is 36.4 Å². The first-order chi connectivity index (χ1) is 21.3. The van der Waals surface area contributed by atoms with Gasteiger partial charge in [0.25, 0.3) is 0 Å². The molecular formula is C31H33N7O6. The van der Waals surface area contributed by atoms with Crippen LogP contribution in [0, 0.1) is 5.92 Å². The fourth-order valence-electron chi connectivity index (χ4n) is 5.37. The summed E-state index contributed by atoms with van der Waals surface area (Å²) < 4.78 is 7.65. The molecule has 1 saturated carbocycles. The lowest BCUT2D eigenvalue weighted by molar-refractivity contribution is -0.134. The van der Waals surface area contributed by atoms with Crippen molar-refractivity contribution in [3.63, 3.8) is 0 Å². The number of amides is 1. The van der Waals surface area contributed by atoms with Gasteiger partial charge in [-0.3, -0.25) is 4.79 Å². The van der Waals surface area contributed by atoms with Gasteiger partial charge < -0.3 is 31.3 Å². The fourth-order valence-corrected chi connectivity index (χ4v) is 5.37. The maximum absolute atomic E-state index is 13.0. The number of anilines is 2. The molecule has 0 spiro atoms. The van der Waals surface area contributed by atoms with E-state index in [2.05, 4.69) is 32.7 Å². The predicted octanol–water partition coefficient (Wildman–Crippen LogP) is 3.46. The summed E-state index contributed by atoms with van der Waals surface area (Å²) in [6.07, 6.45) is 5.40. The number of fused-ring (bicyclic) bond motifs is 1. The molecule has 1 amide bonds. The molecule has 13 nitrogen and oxygen atoms in total. The second-order valence-electron chi connectivity index (χ2n) is 10.5. The number of nitrogens with one attached hydrogen (secondary N) is 2. The van der Waals surface area contributed by atoms with Crippen molar-refractivity contribution in [1.82, 2.24) is 25.1 Å². The first kappa shape index (κ1) is 30.2. The van der Waals surface area contributed by atoms with E-state index in [1.54, 1.807) is 7.11 Å². The number of aliphatic carboxylic acids is 2. The maximum Gasteiger partial charge on any atom is 0.328 e. The van der Waals surface area contributed by atoms with Gasteiger partial charge >= 0.3 is 11.9 Å². The molecule has 4 aromatic rings. The molecule has 0 radical (unpaired) electrons. The van der Waals surface area contributed by atoms with Crippen molar-refractivity contribution >= 4 is 40.4 Å². The van der Waals surface area contributed by atoms with Gasteiger partial charge in [-0.05, 0) is 56.0 Å². The summed E-state index contributed by atoms with van der Waals surface area (Å²) in [5, 5.41) is 27.8. The number of nitrogen functional groups attached to an aromatic ring is 1. The van der Waals surface area contributed by atoms with E-state index >= 15 is 0 Å². The monoisotopic (exact) mass is 599 g/mol. The largest absolute Gasteiger partial charge is 0.495 e. The van der Waals surface area contributed by atoms with E-state index in [1.165, 1.54) is 11.9 Å². The molecule has 13 heteroatoms. The van der Waals surface area contributed by atoms with Crippen LogP contribution in [0.25, 0.3) is 22.3 Å². The number of nitrogens with two attached hydrogens (primary N) is 1. The highest BCUT2D eigenvalue weighted by Gasteiger charge is 2.44. The third-order valence-corrected chi connectivity index (χ3v) is 7.63. The molecule has 1 aliphatic heterocycles. The zero-order valence-corrected chi connectivity index (χ0v) is 24.0. The van der Waals surface area contributed by atoms with Crippen LogP contribution in [0.2, 0.25) is 0 Å².